The van der Waals surface area contributed by atoms with Crippen LogP contribution in [0, 0.1) is 11.2 Å². The van der Waals surface area contributed by atoms with E-state index in [1.807, 2.05) is 13.8 Å². The first-order valence-corrected chi connectivity index (χ1v) is 9.37. The van der Waals surface area contributed by atoms with E-state index in [-0.39, 0.29) is 22.9 Å². The van der Waals surface area contributed by atoms with E-state index in [2.05, 4.69) is 10.3 Å². The van der Waals surface area contributed by atoms with Crippen molar-refractivity contribution in [3.8, 4) is 0 Å². The highest BCUT2D eigenvalue weighted by atomic mass is 32.1. The molecule has 1 amide bonds. The Balaban J connectivity index is 1.73. The Bertz CT molecular complexity index is 1090. The number of Topliss-reactive ketones (excluding diaryl/α,β-unsaturated/α-hetero) is 1. The predicted molar refractivity (Wildman–Crippen MR) is 105 cm³/mol. The third-order valence-electron chi connectivity index (χ3n) is 4.69. The first-order chi connectivity index (χ1) is 12.7. The lowest BCUT2D eigenvalue weighted by Gasteiger charge is -2.29. The number of halogens is 1. The Morgan fingerprint density at radius 3 is 2.67 bits per heavy atom. The van der Waals surface area contributed by atoms with Crippen LogP contribution in [0.4, 0.5) is 15.8 Å². The molecule has 0 saturated heterocycles. The van der Waals surface area contributed by atoms with Gasteiger partial charge >= 0.3 is 0 Å². The van der Waals surface area contributed by atoms with E-state index >= 15 is 0 Å². The number of amides is 1. The first-order valence-electron chi connectivity index (χ1n) is 8.55. The van der Waals surface area contributed by atoms with E-state index < -0.39 is 0 Å². The summed E-state index contributed by atoms with van der Waals surface area (Å²) in [7, 11) is 0. The molecule has 2 heterocycles. The van der Waals surface area contributed by atoms with Crippen LogP contribution in [0.3, 0.4) is 0 Å². The fourth-order valence-electron chi connectivity index (χ4n) is 3.39. The summed E-state index contributed by atoms with van der Waals surface area (Å²) in [5.74, 6) is -0.706. The molecule has 0 radical (unpaired) electrons. The van der Waals surface area contributed by atoms with Gasteiger partial charge in [-0.3, -0.25) is 9.59 Å². The Morgan fingerprint density at radius 1 is 1.26 bits per heavy atom. The van der Waals surface area contributed by atoms with Gasteiger partial charge in [0, 0.05) is 23.1 Å². The summed E-state index contributed by atoms with van der Waals surface area (Å²) in [5.41, 5.74) is 8.20. The van der Waals surface area contributed by atoms with Crippen molar-refractivity contribution in [3.63, 3.8) is 0 Å². The smallest absolute Gasteiger partial charge is 0.267 e. The minimum absolute atomic E-state index is 0.0542. The average molecular weight is 383 g/mol. The molecule has 4 rings (SSSR count). The summed E-state index contributed by atoms with van der Waals surface area (Å²) >= 11 is 1.20. The van der Waals surface area contributed by atoms with Gasteiger partial charge in [-0.05, 0) is 42.2 Å². The van der Waals surface area contributed by atoms with Crippen LogP contribution in [0.25, 0.3) is 10.2 Å². The van der Waals surface area contributed by atoms with E-state index in [1.165, 1.54) is 35.6 Å². The minimum Gasteiger partial charge on any atom is -0.397 e. The van der Waals surface area contributed by atoms with Gasteiger partial charge in [0.25, 0.3) is 5.91 Å². The molecule has 0 fully saturated rings. The molecule has 0 aliphatic heterocycles. The summed E-state index contributed by atoms with van der Waals surface area (Å²) in [6.45, 7) is 4.09. The van der Waals surface area contributed by atoms with Crippen molar-refractivity contribution in [1.29, 1.82) is 0 Å². The molecule has 0 spiro atoms. The predicted octanol–water partition coefficient (Wildman–Crippen LogP) is 4.43. The van der Waals surface area contributed by atoms with Gasteiger partial charge in [-0.25, -0.2) is 9.37 Å². The second kappa shape index (κ2) is 6.13. The van der Waals surface area contributed by atoms with Crippen molar-refractivity contribution < 1.29 is 14.0 Å². The largest absolute Gasteiger partial charge is 0.397 e. The van der Waals surface area contributed by atoms with E-state index in [0.29, 0.717) is 44.9 Å². The summed E-state index contributed by atoms with van der Waals surface area (Å²) in [4.78, 5) is 30.7. The van der Waals surface area contributed by atoms with E-state index in [0.717, 1.165) is 5.69 Å². The van der Waals surface area contributed by atoms with Gasteiger partial charge in [-0.15, -0.1) is 11.3 Å². The number of nitrogens with one attached hydrogen (secondary N) is 1. The number of rotatable bonds is 2. The molecule has 1 aliphatic rings. The fraction of sp³-hybridized carbons (Fsp3) is 0.250. The van der Waals surface area contributed by atoms with Crippen LogP contribution in [0.5, 0.6) is 0 Å². The van der Waals surface area contributed by atoms with Crippen molar-refractivity contribution >= 4 is 44.6 Å². The molecule has 0 unspecified atom stereocenters. The van der Waals surface area contributed by atoms with Crippen LogP contribution in [-0.2, 0) is 6.42 Å². The van der Waals surface area contributed by atoms with E-state index in [4.69, 9.17) is 5.73 Å². The monoisotopic (exact) mass is 383 g/mol. The maximum absolute atomic E-state index is 13.0. The SMILES string of the molecule is CC1(C)CC(=O)c2cc3c(N)c(C(=O)Nc4ccc(F)cc4)sc3nc2C1. The second-order valence-electron chi connectivity index (χ2n) is 7.58. The third kappa shape index (κ3) is 3.19. The van der Waals surface area contributed by atoms with E-state index in [1.54, 1.807) is 6.07 Å². The minimum atomic E-state index is -0.383. The molecular formula is C20H18FN3O2S. The number of nitrogens with two attached hydrogens (primary N) is 1. The molecule has 3 aromatic rings. The number of carbonyl (C=O) groups is 2. The summed E-state index contributed by atoms with van der Waals surface area (Å²) in [6, 6.07) is 7.26. The fourth-order valence-corrected chi connectivity index (χ4v) is 4.38. The topological polar surface area (TPSA) is 85.1 Å². The van der Waals surface area contributed by atoms with Crippen LogP contribution in [-0.4, -0.2) is 16.7 Å². The Hall–Kier alpha value is -2.80. The zero-order valence-corrected chi connectivity index (χ0v) is 15.7. The molecule has 27 heavy (non-hydrogen) atoms. The molecule has 0 saturated carbocycles. The van der Waals surface area contributed by atoms with Crippen LogP contribution in [0.1, 0.15) is 46.0 Å². The molecule has 1 aromatic carbocycles. The molecule has 3 N–H and O–H groups in total. The molecule has 1 aliphatic carbocycles. The number of aromatic nitrogens is 1. The first kappa shape index (κ1) is 17.6. The number of anilines is 2. The Labute approximate surface area is 159 Å². The summed E-state index contributed by atoms with van der Waals surface area (Å²) in [6.07, 6.45) is 1.17. The van der Waals surface area contributed by atoms with Crippen molar-refractivity contribution in [2.24, 2.45) is 5.41 Å². The van der Waals surface area contributed by atoms with E-state index in [9.17, 15) is 14.0 Å². The summed E-state index contributed by atoms with van der Waals surface area (Å²) in [5, 5.41) is 3.33. The highest BCUT2D eigenvalue weighted by Gasteiger charge is 2.33. The third-order valence-corrected chi connectivity index (χ3v) is 5.81. The number of thiophene rings is 1. The van der Waals surface area contributed by atoms with Crippen molar-refractivity contribution in [2.75, 3.05) is 11.1 Å². The number of fused-ring (bicyclic) bond motifs is 2. The lowest BCUT2D eigenvalue weighted by Crippen LogP contribution is -2.27. The van der Waals surface area contributed by atoms with Crippen LogP contribution >= 0.6 is 11.3 Å². The average Bonchev–Trinajstić information content (AvgIpc) is 2.91. The lowest BCUT2D eigenvalue weighted by molar-refractivity contribution is 0.0910. The van der Waals surface area contributed by atoms with Gasteiger partial charge in [-0.2, -0.15) is 0 Å². The number of pyridine rings is 1. The van der Waals surface area contributed by atoms with Crippen molar-refractivity contribution in [2.45, 2.75) is 26.7 Å². The lowest BCUT2D eigenvalue weighted by atomic mass is 9.75. The molecule has 7 heteroatoms. The summed E-state index contributed by atoms with van der Waals surface area (Å²) < 4.78 is 13.0. The number of hydrogen-bond acceptors (Lipinski definition) is 5. The quantitative estimate of drug-likeness (QED) is 0.686. The van der Waals surface area contributed by atoms with Crippen LogP contribution < -0.4 is 11.1 Å². The van der Waals surface area contributed by atoms with Gasteiger partial charge in [0.2, 0.25) is 0 Å². The standard InChI is InChI=1S/C20H18FN3O2S/c1-20(2)8-14-12(15(25)9-20)7-13-16(22)17(27-19(13)24-14)18(26)23-11-5-3-10(21)4-6-11/h3-7H,8-9,22H2,1-2H3,(H,23,26). The molecule has 2 aromatic heterocycles. The van der Waals surface area contributed by atoms with Gasteiger partial charge in [0.15, 0.2) is 5.78 Å². The maximum Gasteiger partial charge on any atom is 0.267 e. The van der Waals surface area contributed by atoms with Crippen LogP contribution in [0.15, 0.2) is 30.3 Å². The molecule has 138 valence electrons. The molecule has 5 nitrogen and oxygen atoms in total. The highest BCUT2D eigenvalue weighted by Crippen LogP contribution is 2.39. The van der Waals surface area contributed by atoms with Crippen molar-refractivity contribution in [1.82, 2.24) is 4.98 Å². The van der Waals surface area contributed by atoms with Crippen molar-refractivity contribution in [3.05, 3.63) is 52.3 Å². The zero-order chi connectivity index (χ0) is 19.3. The highest BCUT2D eigenvalue weighted by molar-refractivity contribution is 7.21. The number of carbonyl (C=O) groups excluding carboxylic acids is 2. The number of ketones is 1. The normalized spacial score (nSPS) is 15.6. The van der Waals surface area contributed by atoms with Gasteiger partial charge in [-0.1, -0.05) is 13.8 Å². The number of benzene rings is 1. The molecule has 0 bridgehead atoms. The molecular weight excluding hydrogens is 365 g/mol. The Kier molecular flexibility index (Phi) is 3.99. The number of nitrogen functional groups attached to an aromatic ring is 1. The van der Waals surface area contributed by atoms with Crippen LogP contribution in [0.2, 0.25) is 0 Å². The molecule has 0 atom stereocenters. The van der Waals surface area contributed by atoms with Gasteiger partial charge in [0.1, 0.15) is 15.5 Å². The van der Waals surface area contributed by atoms with Gasteiger partial charge < -0.3 is 11.1 Å². The zero-order valence-electron chi connectivity index (χ0n) is 14.9. The second-order valence-corrected chi connectivity index (χ2v) is 8.58. The number of hydrogen-bond donors (Lipinski definition) is 2. The number of nitrogens with zero attached hydrogens (tertiary/aromatic N) is 1. The Morgan fingerprint density at radius 2 is 1.96 bits per heavy atom. The van der Waals surface area contributed by atoms with Gasteiger partial charge in [0.05, 0.1) is 11.4 Å². The maximum atomic E-state index is 13.0.